The van der Waals surface area contributed by atoms with Gasteiger partial charge in [0, 0.05) is 36.3 Å². The highest BCUT2D eigenvalue weighted by atomic mass is 35.5. The molecule has 1 fully saturated rings. The molecule has 5 N–H and O–H groups in total. The van der Waals surface area contributed by atoms with Crippen LogP contribution in [0.1, 0.15) is 30.0 Å². The van der Waals surface area contributed by atoms with Crippen molar-refractivity contribution in [3.8, 4) is 0 Å². The number of aromatic nitrogens is 4. The third kappa shape index (κ3) is 3.53. The summed E-state index contributed by atoms with van der Waals surface area (Å²) in [6.45, 7) is 1.92. The van der Waals surface area contributed by atoms with Crippen LogP contribution in [0.5, 0.6) is 0 Å². The van der Waals surface area contributed by atoms with E-state index in [4.69, 9.17) is 28.1 Å². The number of nitrogens with zero attached hydrogens (tertiary/aromatic N) is 4. The molecule has 4 heterocycles. The predicted molar refractivity (Wildman–Crippen MR) is 133 cm³/mol. The quantitative estimate of drug-likeness (QED) is 0.396. The number of rotatable bonds is 3. The van der Waals surface area contributed by atoms with Crippen LogP contribution in [0.25, 0.3) is 11.2 Å². The van der Waals surface area contributed by atoms with E-state index in [1.165, 1.54) is 22.9 Å². The number of pyridine rings is 1. The molecule has 0 unspecified atom stereocenters. The summed E-state index contributed by atoms with van der Waals surface area (Å²) < 4.78 is 0. The summed E-state index contributed by atoms with van der Waals surface area (Å²) in [7, 11) is 0. The monoisotopic (exact) mass is 477 g/mol. The molecule has 9 heteroatoms. The fraction of sp³-hybridized carbons (Fsp3) is 0.292. The number of benzene rings is 1. The maximum Gasteiger partial charge on any atom is 0.157 e. The summed E-state index contributed by atoms with van der Waals surface area (Å²) in [5, 5.41) is 1.20. The van der Waals surface area contributed by atoms with Gasteiger partial charge in [-0.3, -0.25) is 0 Å². The Morgan fingerprint density at radius 1 is 1.15 bits per heavy atom. The van der Waals surface area contributed by atoms with E-state index in [0.29, 0.717) is 10.8 Å². The number of nitrogens with two attached hydrogens (primary N) is 2. The van der Waals surface area contributed by atoms with Crippen LogP contribution >= 0.6 is 23.4 Å². The molecule has 0 amide bonds. The molecule has 1 aromatic carbocycles. The van der Waals surface area contributed by atoms with Gasteiger partial charge in [-0.25, -0.2) is 15.0 Å². The van der Waals surface area contributed by atoms with Gasteiger partial charge in [0.15, 0.2) is 5.65 Å². The molecule has 33 heavy (non-hydrogen) atoms. The summed E-state index contributed by atoms with van der Waals surface area (Å²) in [5.74, 6) is 1.37. The number of nitrogen functional groups attached to an aromatic ring is 1. The number of nitrogens with one attached hydrogen (secondary N) is 1. The van der Waals surface area contributed by atoms with Crippen molar-refractivity contribution in [2.45, 2.75) is 35.2 Å². The molecule has 4 aromatic rings. The van der Waals surface area contributed by atoms with Crippen molar-refractivity contribution in [2.24, 2.45) is 11.1 Å². The van der Waals surface area contributed by atoms with Crippen molar-refractivity contribution in [2.75, 3.05) is 23.7 Å². The molecule has 1 atom stereocenters. The maximum absolute atomic E-state index is 6.73. The third-order valence-corrected chi connectivity index (χ3v) is 8.56. The maximum atomic E-state index is 6.73. The summed E-state index contributed by atoms with van der Waals surface area (Å²) >= 11 is 7.71. The van der Waals surface area contributed by atoms with Crippen LogP contribution in [-0.2, 0) is 6.42 Å². The average molecular weight is 478 g/mol. The lowest BCUT2D eigenvalue weighted by Gasteiger charge is -2.42. The minimum Gasteiger partial charge on any atom is -0.382 e. The van der Waals surface area contributed by atoms with Crippen molar-refractivity contribution < 1.29 is 0 Å². The van der Waals surface area contributed by atoms with E-state index in [-0.39, 0.29) is 11.5 Å². The van der Waals surface area contributed by atoms with E-state index >= 15 is 0 Å². The van der Waals surface area contributed by atoms with Crippen molar-refractivity contribution >= 4 is 46.2 Å². The molecule has 168 valence electrons. The van der Waals surface area contributed by atoms with Gasteiger partial charge in [0.05, 0.1) is 11.2 Å². The van der Waals surface area contributed by atoms with Crippen LogP contribution in [-0.4, -0.2) is 33.0 Å². The number of piperidine rings is 1. The first-order valence-corrected chi connectivity index (χ1v) is 12.2. The van der Waals surface area contributed by atoms with Gasteiger partial charge in [0.1, 0.15) is 22.2 Å². The van der Waals surface area contributed by atoms with Crippen molar-refractivity contribution in [3.05, 3.63) is 64.9 Å². The van der Waals surface area contributed by atoms with Crippen molar-refractivity contribution in [3.63, 3.8) is 0 Å². The Balaban J connectivity index is 1.19. The third-order valence-electron chi connectivity index (χ3n) is 7.08. The largest absolute Gasteiger partial charge is 0.382 e. The van der Waals surface area contributed by atoms with E-state index in [9.17, 15) is 0 Å². The average Bonchev–Trinajstić information content (AvgIpc) is 3.37. The van der Waals surface area contributed by atoms with Gasteiger partial charge in [-0.05, 0) is 41.9 Å². The topological polar surface area (TPSA) is 110 Å². The minimum atomic E-state index is 0.121. The zero-order valence-electron chi connectivity index (χ0n) is 18.0. The molecule has 7 nitrogen and oxygen atoms in total. The molecule has 0 saturated carbocycles. The first-order valence-electron chi connectivity index (χ1n) is 11.0. The van der Waals surface area contributed by atoms with Crippen molar-refractivity contribution in [1.82, 2.24) is 19.9 Å². The Morgan fingerprint density at radius 3 is 2.79 bits per heavy atom. The van der Waals surface area contributed by atoms with Gasteiger partial charge >= 0.3 is 0 Å². The number of fused-ring (bicyclic) bond motifs is 2. The minimum absolute atomic E-state index is 0.121. The summed E-state index contributed by atoms with van der Waals surface area (Å²) in [4.78, 5) is 20.0. The molecule has 3 aromatic heterocycles. The van der Waals surface area contributed by atoms with Gasteiger partial charge in [-0.1, -0.05) is 47.6 Å². The van der Waals surface area contributed by atoms with Crippen LogP contribution < -0.4 is 16.4 Å². The second-order valence-electron chi connectivity index (χ2n) is 8.91. The highest BCUT2D eigenvalue weighted by molar-refractivity contribution is 7.99. The molecular weight excluding hydrogens is 454 g/mol. The number of aromatic amines is 1. The normalized spacial score (nSPS) is 19.3. The number of H-pyrrole nitrogens is 1. The Bertz CT molecular complexity index is 1350. The van der Waals surface area contributed by atoms with Crippen LogP contribution in [0.2, 0.25) is 5.02 Å². The van der Waals surface area contributed by atoms with Gasteiger partial charge in [0.2, 0.25) is 0 Å². The molecule has 0 bridgehead atoms. The SMILES string of the molecule is Nc1nccc(Sc2cnc3[nH]c(N4CCC5(CC4)Cc4ccccc4[C@H]5N)cc3n2)c1Cl. The number of halogens is 1. The van der Waals surface area contributed by atoms with Gasteiger partial charge < -0.3 is 21.4 Å². The Hall–Kier alpha value is -2.81. The Kier molecular flexibility index (Phi) is 4.97. The van der Waals surface area contributed by atoms with Crippen LogP contribution in [0.4, 0.5) is 11.6 Å². The van der Waals surface area contributed by atoms with E-state index in [2.05, 4.69) is 50.2 Å². The van der Waals surface area contributed by atoms with Gasteiger partial charge in [-0.2, -0.15) is 0 Å². The van der Waals surface area contributed by atoms with Crippen LogP contribution in [0.15, 0.2) is 58.7 Å². The molecular formula is C24H24ClN7S. The fourth-order valence-electron chi connectivity index (χ4n) is 5.22. The lowest BCUT2D eigenvalue weighted by atomic mass is 9.73. The molecule has 1 saturated heterocycles. The smallest absolute Gasteiger partial charge is 0.157 e. The standard InChI is InChI=1S/C24H24ClN7S/c25-20-17(5-8-28-22(20)27)33-19-13-29-23-16(30-19)11-18(31-23)32-9-6-24(7-10-32)12-14-3-1-2-4-15(14)21(24)26/h1-5,8,11,13,21H,6-7,9-10,12,26H2,(H2,27,28)(H,29,31)/t21-/m1/s1. The predicted octanol–water partition coefficient (Wildman–Crippen LogP) is 4.58. The van der Waals surface area contributed by atoms with Gasteiger partial charge in [0.25, 0.3) is 0 Å². The second kappa shape index (κ2) is 7.90. The summed E-state index contributed by atoms with van der Waals surface area (Å²) in [6, 6.07) is 12.7. The highest BCUT2D eigenvalue weighted by Gasteiger charge is 2.45. The van der Waals surface area contributed by atoms with Crippen LogP contribution in [0.3, 0.4) is 0 Å². The number of hydrogen-bond acceptors (Lipinski definition) is 7. The van der Waals surface area contributed by atoms with E-state index in [1.807, 2.05) is 6.07 Å². The Morgan fingerprint density at radius 2 is 1.97 bits per heavy atom. The molecule has 6 rings (SSSR count). The van der Waals surface area contributed by atoms with Crippen molar-refractivity contribution in [1.29, 1.82) is 0 Å². The number of hydrogen-bond donors (Lipinski definition) is 3. The second-order valence-corrected chi connectivity index (χ2v) is 10.3. The Labute approximate surface area is 201 Å². The lowest BCUT2D eigenvalue weighted by molar-refractivity contribution is 0.187. The molecule has 0 radical (unpaired) electrons. The van der Waals surface area contributed by atoms with E-state index in [1.54, 1.807) is 12.4 Å². The molecule has 2 aliphatic rings. The highest BCUT2D eigenvalue weighted by Crippen LogP contribution is 2.51. The zero-order valence-corrected chi connectivity index (χ0v) is 19.5. The number of anilines is 2. The zero-order chi connectivity index (χ0) is 22.6. The molecule has 1 aliphatic heterocycles. The van der Waals surface area contributed by atoms with E-state index in [0.717, 1.165) is 59.3 Å². The summed E-state index contributed by atoms with van der Waals surface area (Å²) in [6.07, 6.45) is 6.61. The fourth-order valence-corrected chi connectivity index (χ4v) is 6.25. The molecule has 1 spiro atoms. The molecule has 1 aliphatic carbocycles. The van der Waals surface area contributed by atoms with Gasteiger partial charge in [-0.15, -0.1) is 0 Å². The summed E-state index contributed by atoms with van der Waals surface area (Å²) in [5.41, 5.74) is 17.1. The van der Waals surface area contributed by atoms with E-state index < -0.39 is 0 Å². The lowest BCUT2D eigenvalue weighted by Crippen LogP contribution is -2.44. The first-order chi connectivity index (χ1) is 16.0. The van der Waals surface area contributed by atoms with Crippen LogP contribution in [0, 0.1) is 5.41 Å². The first kappa shape index (κ1) is 20.8.